The number of nitrogens with one attached hydrogen (secondary N) is 1. The van der Waals surface area contributed by atoms with Gasteiger partial charge >= 0.3 is 0 Å². The van der Waals surface area contributed by atoms with Crippen LogP contribution in [0.4, 0.5) is 11.4 Å². The molecule has 3 nitrogen and oxygen atoms in total. The van der Waals surface area contributed by atoms with Crippen molar-refractivity contribution in [2.24, 2.45) is 0 Å². The van der Waals surface area contributed by atoms with Crippen LogP contribution in [0.1, 0.15) is 32.6 Å². The number of hydrogen-bond acceptors (Lipinski definition) is 3. The molecule has 1 aromatic carbocycles. The summed E-state index contributed by atoms with van der Waals surface area (Å²) >= 11 is 0. The van der Waals surface area contributed by atoms with Gasteiger partial charge in [-0.15, -0.1) is 0 Å². The molecule has 3 rings (SSSR count). The average molecular weight is 260 g/mol. The molecule has 104 valence electrons. The smallest absolute Gasteiger partial charge is 0.0614 e. The molecule has 0 atom stereocenters. The zero-order valence-electron chi connectivity index (χ0n) is 11.8. The molecule has 1 heterocycles. The summed E-state index contributed by atoms with van der Waals surface area (Å²) in [6, 6.07) is 9.50. The van der Waals surface area contributed by atoms with Crippen LogP contribution in [-0.4, -0.2) is 31.8 Å². The molecule has 0 aromatic heterocycles. The highest BCUT2D eigenvalue weighted by atomic mass is 16.5. The number of anilines is 2. The van der Waals surface area contributed by atoms with Crippen molar-refractivity contribution < 1.29 is 4.74 Å². The lowest BCUT2D eigenvalue weighted by atomic mass is 9.89. The van der Waals surface area contributed by atoms with Crippen LogP contribution in [-0.2, 0) is 4.74 Å². The van der Waals surface area contributed by atoms with Gasteiger partial charge in [-0.25, -0.2) is 0 Å². The Hall–Kier alpha value is -1.22. The molecule has 19 heavy (non-hydrogen) atoms. The lowest BCUT2D eigenvalue weighted by Gasteiger charge is -2.36. The largest absolute Gasteiger partial charge is 0.382 e. The van der Waals surface area contributed by atoms with Crippen molar-refractivity contribution in [2.75, 3.05) is 29.9 Å². The van der Waals surface area contributed by atoms with Crippen molar-refractivity contribution in [3.63, 3.8) is 0 Å². The van der Waals surface area contributed by atoms with Gasteiger partial charge in [-0.05, 0) is 56.9 Å². The molecule has 1 aliphatic heterocycles. The molecule has 2 fully saturated rings. The summed E-state index contributed by atoms with van der Waals surface area (Å²) in [6.07, 6.45) is 5.43. The normalized spacial score (nSPS) is 26.3. The first-order valence-electron chi connectivity index (χ1n) is 7.58. The second-order valence-electron chi connectivity index (χ2n) is 5.63. The lowest BCUT2D eigenvalue weighted by Crippen LogP contribution is -2.40. The first-order valence-corrected chi connectivity index (χ1v) is 7.58. The van der Waals surface area contributed by atoms with E-state index >= 15 is 0 Å². The second-order valence-corrected chi connectivity index (χ2v) is 5.63. The minimum Gasteiger partial charge on any atom is -0.382 e. The summed E-state index contributed by atoms with van der Waals surface area (Å²) in [6.45, 7) is 5.33. The van der Waals surface area contributed by atoms with Crippen molar-refractivity contribution >= 4 is 11.4 Å². The maximum absolute atomic E-state index is 5.59. The number of rotatable bonds is 5. The second kappa shape index (κ2) is 5.83. The Morgan fingerprint density at radius 1 is 1.16 bits per heavy atom. The Bertz CT molecular complexity index is 392. The topological polar surface area (TPSA) is 24.5 Å². The van der Waals surface area contributed by atoms with Crippen molar-refractivity contribution in [1.82, 2.24) is 0 Å². The molecule has 0 unspecified atom stereocenters. The molecular formula is C16H24N2O. The summed E-state index contributed by atoms with van der Waals surface area (Å²) in [7, 11) is 0. The maximum Gasteiger partial charge on any atom is 0.0614 e. The molecule has 0 amide bonds. The molecule has 1 saturated heterocycles. The maximum atomic E-state index is 5.59. The zero-order valence-corrected chi connectivity index (χ0v) is 11.8. The Morgan fingerprint density at radius 3 is 2.47 bits per heavy atom. The summed E-state index contributed by atoms with van der Waals surface area (Å²) < 4.78 is 5.59. The van der Waals surface area contributed by atoms with E-state index in [9.17, 15) is 0 Å². The van der Waals surface area contributed by atoms with Gasteiger partial charge in [0.25, 0.3) is 0 Å². The van der Waals surface area contributed by atoms with E-state index in [1.807, 2.05) is 0 Å². The monoisotopic (exact) mass is 260 g/mol. The first kappa shape index (κ1) is 12.8. The third-order valence-corrected chi connectivity index (χ3v) is 4.21. The van der Waals surface area contributed by atoms with Crippen molar-refractivity contribution in [2.45, 2.75) is 44.8 Å². The van der Waals surface area contributed by atoms with E-state index in [-0.39, 0.29) is 0 Å². The van der Waals surface area contributed by atoms with E-state index in [0.717, 1.165) is 19.4 Å². The van der Waals surface area contributed by atoms with Crippen molar-refractivity contribution in [3.8, 4) is 0 Å². The van der Waals surface area contributed by atoms with E-state index in [2.05, 4.69) is 41.4 Å². The standard InChI is InChI=1S/C16H24N2O/c1-2-19-16-11-14(12-16)17-13-5-7-15(8-6-13)18-9-3-4-10-18/h5-8,14,16-17H,2-4,9-12H2,1H3. The van der Waals surface area contributed by atoms with Gasteiger partial charge < -0.3 is 15.0 Å². The summed E-state index contributed by atoms with van der Waals surface area (Å²) in [5.41, 5.74) is 2.60. The van der Waals surface area contributed by atoms with Gasteiger partial charge in [0.1, 0.15) is 0 Å². The number of benzene rings is 1. The van der Waals surface area contributed by atoms with Gasteiger partial charge in [0.05, 0.1) is 6.10 Å². The molecule has 1 N–H and O–H groups in total. The Labute approximate surface area is 115 Å². The van der Waals surface area contributed by atoms with Crippen molar-refractivity contribution in [3.05, 3.63) is 24.3 Å². The van der Waals surface area contributed by atoms with Gasteiger partial charge in [-0.1, -0.05) is 0 Å². The van der Waals surface area contributed by atoms with Gasteiger partial charge in [0.15, 0.2) is 0 Å². The third-order valence-electron chi connectivity index (χ3n) is 4.21. The van der Waals surface area contributed by atoms with E-state index in [0.29, 0.717) is 12.1 Å². The molecule has 1 aliphatic carbocycles. The Balaban J connectivity index is 1.49. The third kappa shape index (κ3) is 3.03. The number of hydrogen-bond donors (Lipinski definition) is 1. The van der Waals surface area contributed by atoms with Crippen LogP contribution < -0.4 is 10.2 Å². The molecule has 3 heteroatoms. The molecule has 1 aromatic rings. The lowest BCUT2D eigenvalue weighted by molar-refractivity contribution is 0.00299. The summed E-state index contributed by atoms with van der Waals surface area (Å²) in [4.78, 5) is 2.47. The summed E-state index contributed by atoms with van der Waals surface area (Å²) in [5.74, 6) is 0. The van der Waals surface area contributed by atoms with Gasteiger partial charge in [0.2, 0.25) is 0 Å². The van der Waals surface area contributed by atoms with E-state index in [4.69, 9.17) is 4.74 Å². The minimum atomic E-state index is 0.478. The molecule has 0 spiro atoms. The molecular weight excluding hydrogens is 236 g/mol. The summed E-state index contributed by atoms with van der Waals surface area (Å²) in [5, 5.41) is 3.59. The Kier molecular flexibility index (Phi) is 3.92. The Morgan fingerprint density at radius 2 is 1.84 bits per heavy atom. The fraction of sp³-hybridized carbons (Fsp3) is 0.625. The van der Waals surface area contributed by atoms with Crippen LogP contribution >= 0.6 is 0 Å². The van der Waals surface area contributed by atoms with Gasteiger partial charge in [0, 0.05) is 37.1 Å². The average Bonchev–Trinajstić information content (AvgIpc) is 2.91. The zero-order chi connectivity index (χ0) is 13.1. The van der Waals surface area contributed by atoms with Crippen LogP contribution in [0.25, 0.3) is 0 Å². The first-order chi connectivity index (χ1) is 9.35. The SMILES string of the molecule is CCOC1CC(Nc2ccc(N3CCCC3)cc2)C1. The number of nitrogens with zero attached hydrogens (tertiary/aromatic N) is 1. The van der Waals surface area contributed by atoms with E-state index in [1.54, 1.807) is 0 Å². The minimum absolute atomic E-state index is 0.478. The van der Waals surface area contributed by atoms with Crippen LogP contribution in [0.2, 0.25) is 0 Å². The molecule has 1 saturated carbocycles. The highest BCUT2D eigenvalue weighted by molar-refractivity contribution is 5.56. The molecule has 0 bridgehead atoms. The van der Waals surface area contributed by atoms with Crippen LogP contribution in [0.5, 0.6) is 0 Å². The molecule has 2 aliphatic rings. The fourth-order valence-electron chi connectivity index (χ4n) is 3.03. The van der Waals surface area contributed by atoms with Crippen LogP contribution in [0, 0.1) is 0 Å². The quantitative estimate of drug-likeness (QED) is 0.879. The van der Waals surface area contributed by atoms with Gasteiger partial charge in [-0.2, -0.15) is 0 Å². The van der Waals surface area contributed by atoms with Crippen LogP contribution in [0.3, 0.4) is 0 Å². The van der Waals surface area contributed by atoms with E-state index < -0.39 is 0 Å². The fourth-order valence-corrected chi connectivity index (χ4v) is 3.03. The van der Waals surface area contributed by atoms with E-state index in [1.165, 1.54) is 37.3 Å². The predicted molar refractivity (Wildman–Crippen MR) is 79.9 cm³/mol. The number of ether oxygens (including phenoxy) is 1. The van der Waals surface area contributed by atoms with Crippen LogP contribution in [0.15, 0.2) is 24.3 Å². The highest BCUT2D eigenvalue weighted by Crippen LogP contribution is 2.28. The highest BCUT2D eigenvalue weighted by Gasteiger charge is 2.29. The molecule has 0 radical (unpaired) electrons. The predicted octanol–water partition coefficient (Wildman–Crippen LogP) is 3.27. The van der Waals surface area contributed by atoms with Crippen molar-refractivity contribution in [1.29, 1.82) is 0 Å². The van der Waals surface area contributed by atoms with Gasteiger partial charge in [-0.3, -0.25) is 0 Å².